The number of halogens is 4. The summed E-state index contributed by atoms with van der Waals surface area (Å²) < 4.78 is 37.4. The van der Waals surface area contributed by atoms with Crippen molar-refractivity contribution < 1.29 is 13.2 Å². The summed E-state index contributed by atoms with van der Waals surface area (Å²) in [6.45, 7) is 4.01. The Bertz CT molecular complexity index is 389. The van der Waals surface area contributed by atoms with Crippen LogP contribution in [-0.4, -0.2) is 12.2 Å². The van der Waals surface area contributed by atoms with E-state index in [1.54, 1.807) is 0 Å². The molecule has 0 saturated heterocycles. The number of hydrogen-bond acceptors (Lipinski definition) is 1. The van der Waals surface area contributed by atoms with Crippen LogP contribution < -0.4 is 5.32 Å². The van der Waals surface area contributed by atoms with Crippen molar-refractivity contribution >= 4 is 15.9 Å². The van der Waals surface area contributed by atoms with Gasteiger partial charge in [-0.3, -0.25) is 0 Å². The Labute approximate surface area is 127 Å². The fourth-order valence-corrected chi connectivity index (χ4v) is 2.44. The summed E-state index contributed by atoms with van der Waals surface area (Å²) in [4.78, 5) is 0. The number of benzene rings is 1. The molecule has 0 spiro atoms. The van der Waals surface area contributed by atoms with E-state index in [0.29, 0.717) is 6.42 Å². The lowest BCUT2D eigenvalue weighted by Crippen LogP contribution is -2.30. The topological polar surface area (TPSA) is 12.0 Å². The summed E-state index contributed by atoms with van der Waals surface area (Å²) >= 11 is 3.39. The molecule has 0 radical (unpaired) electrons. The highest BCUT2D eigenvalue weighted by molar-refractivity contribution is 9.10. The van der Waals surface area contributed by atoms with E-state index in [9.17, 15) is 13.2 Å². The van der Waals surface area contributed by atoms with Crippen molar-refractivity contribution in [3.63, 3.8) is 0 Å². The average molecular weight is 352 g/mol. The van der Waals surface area contributed by atoms with Crippen LogP contribution in [-0.2, 0) is 0 Å². The maximum Gasteiger partial charge on any atom is 0.389 e. The second-order valence-corrected chi connectivity index (χ2v) is 6.00. The van der Waals surface area contributed by atoms with Crippen LogP contribution in [0.4, 0.5) is 13.2 Å². The minimum atomic E-state index is -4.05. The van der Waals surface area contributed by atoms with Crippen molar-refractivity contribution in [3.05, 3.63) is 34.3 Å². The first-order chi connectivity index (χ1) is 9.31. The number of alkyl halides is 3. The Morgan fingerprint density at radius 1 is 1.20 bits per heavy atom. The van der Waals surface area contributed by atoms with E-state index in [1.165, 1.54) is 5.56 Å². The Morgan fingerprint density at radius 2 is 1.80 bits per heavy atom. The minimum Gasteiger partial charge on any atom is -0.307 e. The van der Waals surface area contributed by atoms with Crippen molar-refractivity contribution in [2.24, 2.45) is 0 Å². The largest absolute Gasteiger partial charge is 0.389 e. The number of hydrogen-bond donors (Lipinski definition) is 1. The van der Waals surface area contributed by atoms with Crippen LogP contribution in [0.3, 0.4) is 0 Å². The summed E-state index contributed by atoms with van der Waals surface area (Å²) in [7, 11) is 0. The highest BCUT2D eigenvalue weighted by atomic mass is 79.9. The van der Waals surface area contributed by atoms with Crippen molar-refractivity contribution in [2.75, 3.05) is 0 Å². The van der Waals surface area contributed by atoms with Crippen LogP contribution in [0.25, 0.3) is 0 Å². The molecular weight excluding hydrogens is 331 g/mol. The zero-order chi connectivity index (χ0) is 15.2. The molecule has 0 heterocycles. The van der Waals surface area contributed by atoms with Crippen LogP contribution >= 0.6 is 15.9 Å². The molecule has 1 aromatic rings. The third kappa shape index (κ3) is 6.75. The van der Waals surface area contributed by atoms with Gasteiger partial charge in [-0.05, 0) is 43.9 Å². The summed E-state index contributed by atoms with van der Waals surface area (Å²) in [6.07, 6.45) is -3.13. The molecule has 2 unspecified atom stereocenters. The molecule has 1 N–H and O–H groups in total. The first-order valence-electron chi connectivity index (χ1n) is 6.90. The van der Waals surface area contributed by atoms with E-state index in [4.69, 9.17) is 0 Å². The molecule has 5 heteroatoms. The molecule has 2 atom stereocenters. The highest BCUT2D eigenvalue weighted by Gasteiger charge is 2.26. The van der Waals surface area contributed by atoms with Crippen molar-refractivity contribution in [1.82, 2.24) is 5.32 Å². The molecule has 114 valence electrons. The molecule has 0 aliphatic heterocycles. The predicted molar refractivity (Wildman–Crippen MR) is 79.7 cm³/mol. The smallest absolute Gasteiger partial charge is 0.307 e. The molecule has 0 aliphatic carbocycles. The van der Waals surface area contributed by atoms with Gasteiger partial charge in [-0.25, -0.2) is 0 Å². The standard InChI is InChI=1S/C15H21BrF3N/c1-3-14(12-6-8-13(16)9-7-12)20-11(2)5-4-10-15(17,18)19/h6-9,11,14,20H,3-5,10H2,1-2H3. The Balaban J connectivity index is 2.45. The summed E-state index contributed by atoms with van der Waals surface area (Å²) in [5.74, 6) is 0. The van der Waals surface area contributed by atoms with Crippen LogP contribution in [0.2, 0.25) is 0 Å². The van der Waals surface area contributed by atoms with E-state index >= 15 is 0 Å². The molecule has 1 rings (SSSR count). The van der Waals surface area contributed by atoms with E-state index in [1.807, 2.05) is 31.2 Å². The second kappa shape index (κ2) is 8.03. The first-order valence-corrected chi connectivity index (χ1v) is 7.69. The molecule has 1 aromatic carbocycles. The van der Waals surface area contributed by atoms with Crippen LogP contribution in [0.5, 0.6) is 0 Å². The SMILES string of the molecule is CCC(NC(C)CCCC(F)(F)F)c1ccc(Br)cc1. The van der Waals surface area contributed by atoms with Crippen molar-refractivity contribution in [1.29, 1.82) is 0 Å². The van der Waals surface area contributed by atoms with Gasteiger partial charge in [0.1, 0.15) is 0 Å². The second-order valence-electron chi connectivity index (χ2n) is 5.09. The third-order valence-corrected chi connectivity index (χ3v) is 3.79. The van der Waals surface area contributed by atoms with E-state index < -0.39 is 12.6 Å². The van der Waals surface area contributed by atoms with E-state index in [-0.39, 0.29) is 18.5 Å². The third-order valence-electron chi connectivity index (χ3n) is 3.26. The monoisotopic (exact) mass is 351 g/mol. The fraction of sp³-hybridized carbons (Fsp3) is 0.600. The minimum absolute atomic E-state index is 0.0750. The molecule has 0 amide bonds. The maximum atomic E-state index is 12.1. The normalized spacial score (nSPS) is 15.1. The summed E-state index contributed by atoms with van der Waals surface area (Å²) in [5.41, 5.74) is 1.17. The first kappa shape index (κ1) is 17.5. The van der Waals surface area contributed by atoms with Crippen molar-refractivity contribution in [2.45, 2.75) is 57.8 Å². The molecule has 0 saturated carbocycles. The molecule has 0 aliphatic rings. The molecule has 0 aromatic heterocycles. The number of nitrogens with one attached hydrogen (secondary N) is 1. The zero-order valence-corrected chi connectivity index (χ0v) is 13.4. The van der Waals surface area contributed by atoms with Crippen molar-refractivity contribution in [3.8, 4) is 0 Å². The average Bonchev–Trinajstić information content (AvgIpc) is 2.35. The van der Waals surface area contributed by atoms with Gasteiger partial charge in [0.05, 0.1) is 0 Å². The van der Waals surface area contributed by atoms with Gasteiger partial charge >= 0.3 is 6.18 Å². The lowest BCUT2D eigenvalue weighted by molar-refractivity contribution is -0.135. The molecule has 0 fully saturated rings. The van der Waals surface area contributed by atoms with Gasteiger partial charge in [0, 0.05) is 23.0 Å². The van der Waals surface area contributed by atoms with Gasteiger partial charge in [-0.1, -0.05) is 35.0 Å². The number of rotatable bonds is 7. The molecular formula is C15H21BrF3N. The van der Waals surface area contributed by atoms with Crippen LogP contribution in [0.15, 0.2) is 28.7 Å². The fourth-order valence-electron chi connectivity index (χ4n) is 2.18. The van der Waals surface area contributed by atoms with Gasteiger partial charge in [0.15, 0.2) is 0 Å². The molecule has 0 bridgehead atoms. The Kier molecular flexibility index (Phi) is 7.03. The van der Waals surface area contributed by atoms with Crippen LogP contribution in [0, 0.1) is 0 Å². The molecule has 1 nitrogen and oxygen atoms in total. The van der Waals surface area contributed by atoms with Gasteiger partial charge in [0.25, 0.3) is 0 Å². The van der Waals surface area contributed by atoms with E-state index in [2.05, 4.69) is 28.2 Å². The summed E-state index contributed by atoms with van der Waals surface area (Å²) in [5, 5.41) is 3.41. The Hall–Kier alpha value is -0.550. The van der Waals surface area contributed by atoms with Gasteiger partial charge in [0.2, 0.25) is 0 Å². The lowest BCUT2D eigenvalue weighted by Gasteiger charge is -2.23. The lowest BCUT2D eigenvalue weighted by atomic mass is 10.0. The van der Waals surface area contributed by atoms with Crippen LogP contribution in [0.1, 0.15) is 51.1 Å². The maximum absolute atomic E-state index is 12.1. The predicted octanol–water partition coefficient (Wildman–Crippen LogP) is 5.61. The van der Waals surface area contributed by atoms with Gasteiger partial charge in [-0.15, -0.1) is 0 Å². The summed E-state index contributed by atoms with van der Waals surface area (Å²) in [6, 6.07) is 8.29. The zero-order valence-electron chi connectivity index (χ0n) is 11.8. The molecule has 20 heavy (non-hydrogen) atoms. The Morgan fingerprint density at radius 3 is 2.30 bits per heavy atom. The quantitative estimate of drug-likeness (QED) is 0.672. The van der Waals surface area contributed by atoms with Gasteiger partial charge in [-0.2, -0.15) is 13.2 Å². The highest BCUT2D eigenvalue weighted by Crippen LogP contribution is 2.24. The van der Waals surface area contributed by atoms with Gasteiger partial charge < -0.3 is 5.32 Å². The van der Waals surface area contributed by atoms with E-state index in [0.717, 1.165) is 10.9 Å².